The molecular formula is C12H10F4N2. The Morgan fingerprint density at radius 3 is 2.67 bits per heavy atom. The number of rotatable bonds is 0. The van der Waals surface area contributed by atoms with Gasteiger partial charge in [0.25, 0.3) is 0 Å². The minimum Gasteiger partial charge on any atom is -0.356 e. The number of hydrogen-bond acceptors (Lipinski definition) is 1. The fourth-order valence-corrected chi connectivity index (χ4v) is 2.37. The largest absolute Gasteiger partial charge is 0.416 e. The summed E-state index contributed by atoms with van der Waals surface area (Å²) in [7, 11) is 0. The van der Waals surface area contributed by atoms with Crippen molar-refractivity contribution in [1.29, 1.82) is 0 Å². The van der Waals surface area contributed by atoms with Crippen molar-refractivity contribution >= 4 is 10.9 Å². The highest BCUT2D eigenvalue weighted by Crippen LogP contribution is 2.35. The number of fused-ring (bicyclic) bond motifs is 3. The molecule has 0 unspecified atom stereocenters. The molecule has 0 saturated heterocycles. The maximum atomic E-state index is 13.7. The molecule has 0 radical (unpaired) electrons. The second-order valence-electron chi connectivity index (χ2n) is 4.39. The van der Waals surface area contributed by atoms with Gasteiger partial charge in [-0.25, -0.2) is 4.39 Å². The molecular weight excluding hydrogens is 248 g/mol. The van der Waals surface area contributed by atoms with Crippen LogP contribution >= 0.6 is 0 Å². The van der Waals surface area contributed by atoms with Gasteiger partial charge in [-0.1, -0.05) is 0 Å². The van der Waals surface area contributed by atoms with Crippen molar-refractivity contribution in [2.75, 3.05) is 6.54 Å². The van der Waals surface area contributed by atoms with E-state index in [0.717, 1.165) is 23.9 Å². The van der Waals surface area contributed by atoms with Crippen LogP contribution in [-0.4, -0.2) is 11.5 Å². The second kappa shape index (κ2) is 3.71. The second-order valence-corrected chi connectivity index (χ2v) is 4.39. The van der Waals surface area contributed by atoms with Gasteiger partial charge >= 0.3 is 6.18 Å². The molecule has 0 bridgehead atoms. The molecule has 1 aromatic heterocycles. The highest BCUT2D eigenvalue weighted by Gasteiger charge is 2.32. The molecule has 0 amide bonds. The number of benzene rings is 1. The molecule has 0 saturated carbocycles. The first-order chi connectivity index (χ1) is 8.47. The first kappa shape index (κ1) is 11.5. The van der Waals surface area contributed by atoms with Gasteiger partial charge in [0.1, 0.15) is 5.82 Å². The molecule has 2 aromatic rings. The highest BCUT2D eigenvalue weighted by atomic mass is 19.4. The van der Waals surface area contributed by atoms with E-state index in [1.807, 2.05) is 0 Å². The third kappa shape index (κ3) is 1.68. The van der Waals surface area contributed by atoms with E-state index >= 15 is 0 Å². The van der Waals surface area contributed by atoms with Crippen LogP contribution in [0, 0.1) is 5.82 Å². The summed E-state index contributed by atoms with van der Waals surface area (Å²) in [6.07, 6.45) is -3.86. The molecule has 2 N–H and O–H groups in total. The molecule has 0 fully saturated rings. The summed E-state index contributed by atoms with van der Waals surface area (Å²) in [5.74, 6) is -0.853. The van der Waals surface area contributed by atoms with E-state index in [9.17, 15) is 17.6 Å². The van der Waals surface area contributed by atoms with Crippen LogP contribution in [0.2, 0.25) is 0 Å². The number of aromatic nitrogens is 1. The summed E-state index contributed by atoms with van der Waals surface area (Å²) in [6, 6.07) is 1.55. The van der Waals surface area contributed by atoms with Crippen LogP contribution in [0.4, 0.5) is 17.6 Å². The zero-order valence-electron chi connectivity index (χ0n) is 9.29. The van der Waals surface area contributed by atoms with Crippen molar-refractivity contribution in [3.8, 4) is 0 Å². The van der Waals surface area contributed by atoms with E-state index in [-0.39, 0.29) is 5.52 Å². The number of alkyl halides is 3. The van der Waals surface area contributed by atoms with Gasteiger partial charge in [0, 0.05) is 30.6 Å². The molecule has 18 heavy (non-hydrogen) atoms. The van der Waals surface area contributed by atoms with Gasteiger partial charge in [0.15, 0.2) is 0 Å². The highest BCUT2D eigenvalue weighted by molar-refractivity contribution is 5.86. The molecule has 6 heteroatoms. The lowest BCUT2D eigenvalue weighted by Crippen LogP contribution is -2.22. The van der Waals surface area contributed by atoms with E-state index in [4.69, 9.17) is 0 Å². The molecule has 0 aliphatic carbocycles. The fourth-order valence-electron chi connectivity index (χ4n) is 2.37. The van der Waals surface area contributed by atoms with Crippen molar-refractivity contribution in [3.05, 3.63) is 34.8 Å². The Labute approximate surface area is 100.0 Å². The normalized spacial score (nSPS) is 16.0. The molecule has 2 nitrogen and oxygen atoms in total. The summed E-state index contributed by atoms with van der Waals surface area (Å²) >= 11 is 0. The third-order valence-electron chi connectivity index (χ3n) is 3.24. The van der Waals surface area contributed by atoms with Crippen LogP contribution in [0.15, 0.2) is 12.1 Å². The van der Waals surface area contributed by atoms with Gasteiger partial charge in [-0.3, -0.25) is 0 Å². The Balaban J connectivity index is 2.28. The smallest absolute Gasteiger partial charge is 0.356 e. The van der Waals surface area contributed by atoms with Crippen LogP contribution in [-0.2, 0) is 19.1 Å². The van der Waals surface area contributed by atoms with E-state index in [1.54, 1.807) is 0 Å². The molecule has 2 heterocycles. The third-order valence-corrected chi connectivity index (χ3v) is 3.24. The molecule has 96 valence electrons. The van der Waals surface area contributed by atoms with Crippen molar-refractivity contribution in [3.63, 3.8) is 0 Å². The fraction of sp³-hybridized carbons (Fsp3) is 0.333. The summed E-state index contributed by atoms with van der Waals surface area (Å²) in [4.78, 5) is 2.88. The molecule has 1 aliphatic heterocycles. The lowest BCUT2D eigenvalue weighted by atomic mass is 10.0. The lowest BCUT2D eigenvalue weighted by molar-refractivity contribution is -0.137. The SMILES string of the molecule is Fc1cc(C(F)(F)F)cc2c3c([nH]c12)CCNC3. The average Bonchev–Trinajstić information content (AvgIpc) is 2.67. The average molecular weight is 258 g/mol. The molecule has 3 rings (SSSR count). The zero-order chi connectivity index (χ0) is 12.9. The van der Waals surface area contributed by atoms with E-state index < -0.39 is 17.6 Å². The van der Waals surface area contributed by atoms with Crippen molar-refractivity contribution in [2.45, 2.75) is 19.1 Å². The van der Waals surface area contributed by atoms with Gasteiger partial charge in [-0.05, 0) is 17.7 Å². The monoisotopic (exact) mass is 258 g/mol. The summed E-state index contributed by atoms with van der Waals surface area (Å²) in [6.45, 7) is 1.21. The quantitative estimate of drug-likeness (QED) is 0.698. The zero-order valence-corrected chi connectivity index (χ0v) is 9.29. The lowest BCUT2D eigenvalue weighted by Gasteiger charge is -2.13. The summed E-state index contributed by atoms with van der Waals surface area (Å²) in [5, 5.41) is 3.40. The van der Waals surface area contributed by atoms with Crippen molar-refractivity contribution < 1.29 is 17.6 Å². The number of hydrogen-bond donors (Lipinski definition) is 2. The maximum absolute atomic E-state index is 13.7. The van der Waals surface area contributed by atoms with E-state index in [2.05, 4.69) is 10.3 Å². The Bertz CT molecular complexity index is 613. The molecule has 1 aliphatic rings. The van der Waals surface area contributed by atoms with Crippen LogP contribution < -0.4 is 5.32 Å². The van der Waals surface area contributed by atoms with Crippen LogP contribution in [0.1, 0.15) is 16.8 Å². The predicted molar refractivity (Wildman–Crippen MR) is 58.7 cm³/mol. The maximum Gasteiger partial charge on any atom is 0.416 e. The van der Waals surface area contributed by atoms with Crippen LogP contribution in [0.5, 0.6) is 0 Å². The molecule has 0 atom stereocenters. The Morgan fingerprint density at radius 2 is 1.94 bits per heavy atom. The first-order valence-electron chi connectivity index (χ1n) is 5.57. The van der Waals surface area contributed by atoms with Crippen LogP contribution in [0.3, 0.4) is 0 Å². The summed E-state index contributed by atoms with van der Waals surface area (Å²) in [5.41, 5.74) is 0.778. The van der Waals surface area contributed by atoms with Gasteiger partial charge in [0.05, 0.1) is 11.1 Å². The number of nitrogens with one attached hydrogen (secondary N) is 2. The van der Waals surface area contributed by atoms with Gasteiger partial charge in [-0.2, -0.15) is 13.2 Å². The Morgan fingerprint density at radius 1 is 1.17 bits per heavy atom. The minimum atomic E-state index is -4.53. The van der Waals surface area contributed by atoms with E-state index in [1.165, 1.54) is 0 Å². The van der Waals surface area contributed by atoms with Crippen LogP contribution in [0.25, 0.3) is 10.9 Å². The topological polar surface area (TPSA) is 27.8 Å². The Hall–Kier alpha value is -1.56. The predicted octanol–water partition coefficient (Wildman–Crippen LogP) is 2.97. The van der Waals surface area contributed by atoms with Gasteiger partial charge < -0.3 is 10.3 Å². The Kier molecular flexibility index (Phi) is 2.38. The van der Waals surface area contributed by atoms with Crippen molar-refractivity contribution in [2.24, 2.45) is 0 Å². The van der Waals surface area contributed by atoms with Gasteiger partial charge in [0.2, 0.25) is 0 Å². The summed E-state index contributed by atoms with van der Waals surface area (Å²) < 4.78 is 51.6. The van der Waals surface area contributed by atoms with E-state index in [0.29, 0.717) is 24.4 Å². The number of aromatic amines is 1. The number of H-pyrrole nitrogens is 1. The minimum absolute atomic E-state index is 0.164. The molecule has 0 spiro atoms. The van der Waals surface area contributed by atoms with Crippen molar-refractivity contribution in [1.82, 2.24) is 10.3 Å². The first-order valence-corrected chi connectivity index (χ1v) is 5.57. The molecule has 1 aromatic carbocycles. The standard InChI is InChI=1S/C12H10F4N2/c13-9-4-6(12(14,15)16)3-7-8-5-17-2-1-10(8)18-11(7)9/h3-4,17-18H,1-2,5H2. The van der Waals surface area contributed by atoms with Gasteiger partial charge in [-0.15, -0.1) is 0 Å². The number of halogens is 4.